The number of benzene rings is 4. The third-order valence-corrected chi connectivity index (χ3v) is 11.9. The molecule has 0 bridgehead atoms. The Kier molecular flexibility index (Phi) is 18.9. The van der Waals surface area contributed by atoms with Gasteiger partial charge in [0.2, 0.25) is 0 Å². The summed E-state index contributed by atoms with van der Waals surface area (Å²) in [7, 11) is 0. The second-order valence-electron chi connectivity index (χ2n) is 17.3. The van der Waals surface area contributed by atoms with Crippen LogP contribution in [0, 0.1) is 11.8 Å². The monoisotopic (exact) mass is 876 g/mol. The van der Waals surface area contributed by atoms with E-state index in [1.54, 1.807) is 23.3 Å². The van der Waals surface area contributed by atoms with E-state index in [-0.39, 0.29) is 30.2 Å². The molecule has 0 nitrogen and oxygen atoms in total. The second-order valence-corrected chi connectivity index (χ2v) is 26.7. The molecule has 2 fully saturated rings. The summed E-state index contributed by atoms with van der Waals surface area (Å²) < 4.78 is 0. The Bertz CT molecular complexity index is 1920. The fourth-order valence-corrected chi connectivity index (χ4v) is 8.88. The standard InChI is InChI=1S/2C25H29.C2H6Si.2ClH.Zr/c2*1-18(2)21-11-13-22(14-12-21)24-10-6-9-23-16-20(17-25(23)24)15-19-7-4-3-5-8-19;1-3-2;;;/h2*6,9-14,16-19H,3-5,7-8,15H2,1-2H3;1-2H3;2*1H;/q2*-1;;;;+2/p-2. The average molecular weight is 879 g/mol. The van der Waals surface area contributed by atoms with Crippen molar-refractivity contribution in [2.45, 2.75) is 130 Å². The number of rotatable bonds is 8. The second kappa shape index (κ2) is 22.8. The third kappa shape index (κ3) is 12.9. The first-order valence-corrected chi connectivity index (χ1v) is 27.4. The SMILES string of the molecule is CC(C)c1ccc(-c2cccc3[cH-]c(CC4CCCCC4)cc23)cc1.CC(C)c1ccc(-c2cccc3[cH-]c(CC4CCCCC4)cc23)cc1.C[Si](C)=[Zr+2].[Cl-].[Cl-]. The van der Waals surface area contributed by atoms with E-state index >= 15 is 0 Å². The maximum Gasteiger partial charge on any atom is -1.00 e. The smallest absolute Gasteiger partial charge is 1.00 e. The Balaban J connectivity index is 0.000000220. The van der Waals surface area contributed by atoms with Gasteiger partial charge in [0.15, 0.2) is 0 Å². The fourth-order valence-electron chi connectivity index (χ4n) is 8.88. The van der Waals surface area contributed by atoms with Crippen molar-refractivity contribution in [3.8, 4) is 22.3 Å². The van der Waals surface area contributed by atoms with Gasteiger partial charge in [0.1, 0.15) is 0 Å². The molecule has 0 radical (unpaired) electrons. The molecule has 0 spiro atoms. The van der Waals surface area contributed by atoms with Crippen molar-refractivity contribution >= 4 is 27.0 Å². The van der Waals surface area contributed by atoms with Crippen molar-refractivity contribution in [3.63, 3.8) is 0 Å². The number of hydrogen-bond donors (Lipinski definition) is 0. The van der Waals surface area contributed by atoms with E-state index in [9.17, 15) is 0 Å². The summed E-state index contributed by atoms with van der Waals surface area (Å²) >= 11 is 1.74. The van der Waals surface area contributed by atoms with Gasteiger partial charge in [-0.05, 0) is 58.8 Å². The van der Waals surface area contributed by atoms with Crippen LogP contribution in [0.3, 0.4) is 0 Å². The number of halogens is 2. The van der Waals surface area contributed by atoms with E-state index in [4.69, 9.17) is 0 Å². The Morgan fingerprint density at radius 3 is 1.20 bits per heavy atom. The molecule has 0 N–H and O–H groups in total. The van der Waals surface area contributed by atoms with Gasteiger partial charge in [0, 0.05) is 0 Å². The van der Waals surface area contributed by atoms with Gasteiger partial charge in [-0.1, -0.05) is 164 Å². The third-order valence-electron chi connectivity index (χ3n) is 11.9. The first-order chi connectivity index (χ1) is 26.1. The molecule has 6 aromatic rings. The summed E-state index contributed by atoms with van der Waals surface area (Å²) in [5.41, 5.74) is 11.5. The predicted octanol–water partition coefficient (Wildman–Crippen LogP) is 9.74. The molecule has 0 amide bonds. The van der Waals surface area contributed by atoms with E-state index in [1.165, 1.54) is 143 Å². The van der Waals surface area contributed by atoms with Gasteiger partial charge in [0.05, 0.1) is 0 Å². The van der Waals surface area contributed by atoms with Gasteiger partial charge in [0.25, 0.3) is 0 Å². The van der Waals surface area contributed by atoms with Crippen LogP contribution < -0.4 is 24.8 Å². The molecular formula is C52H64Cl2SiZr-2. The summed E-state index contributed by atoms with van der Waals surface area (Å²) in [4.78, 5) is 0. The van der Waals surface area contributed by atoms with Crippen LogP contribution >= 0.6 is 0 Å². The minimum atomic E-state index is 0. The van der Waals surface area contributed by atoms with Gasteiger partial charge in [-0.2, -0.15) is 12.1 Å². The molecule has 0 atom stereocenters. The summed E-state index contributed by atoms with van der Waals surface area (Å²) in [6, 6.07) is 41.6. The molecule has 0 aliphatic heterocycles. The molecule has 2 aliphatic carbocycles. The minimum Gasteiger partial charge on any atom is -1.00 e. The Hall–Kier alpha value is -2.22. The van der Waals surface area contributed by atoms with E-state index in [0.29, 0.717) is 11.8 Å². The minimum absolute atomic E-state index is 0. The van der Waals surface area contributed by atoms with Crippen molar-refractivity contribution in [3.05, 3.63) is 131 Å². The van der Waals surface area contributed by atoms with E-state index in [1.807, 2.05) is 0 Å². The van der Waals surface area contributed by atoms with Crippen molar-refractivity contribution in [1.82, 2.24) is 0 Å². The van der Waals surface area contributed by atoms with Crippen LogP contribution in [0.4, 0.5) is 0 Å². The summed E-state index contributed by atoms with van der Waals surface area (Å²) in [6.45, 7) is 13.6. The Morgan fingerprint density at radius 1 is 0.536 bits per heavy atom. The van der Waals surface area contributed by atoms with Gasteiger partial charge in [-0.3, -0.25) is 0 Å². The molecule has 2 saturated carbocycles. The molecule has 0 saturated heterocycles. The maximum atomic E-state index is 2.45. The largest absolute Gasteiger partial charge is 1.00 e. The zero-order valence-electron chi connectivity index (χ0n) is 34.9. The van der Waals surface area contributed by atoms with Crippen LogP contribution in [-0.2, 0) is 36.2 Å². The first-order valence-electron chi connectivity index (χ1n) is 21.2. The van der Waals surface area contributed by atoms with Gasteiger partial charge in [-0.25, -0.2) is 0 Å². The molecule has 4 heteroatoms. The van der Waals surface area contributed by atoms with Crippen LogP contribution in [0.15, 0.2) is 109 Å². The molecule has 56 heavy (non-hydrogen) atoms. The van der Waals surface area contributed by atoms with Crippen molar-refractivity contribution < 1.29 is 48.1 Å². The summed E-state index contributed by atoms with van der Waals surface area (Å²) in [5.74, 6) is 2.98. The molecule has 8 rings (SSSR count). The van der Waals surface area contributed by atoms with Crippen LogP contribution in [0.2, 0.25) is 13.1 Å². The van der Waals surface area contributed by atoms with E-state index in [0.717, 1.165) is 11.8 Å². The van der Waals surface area contributed by atoms with Crippen molar-refractivity contribution in [2.75, 3.05) is 0 Å². The molecular weight excluding hydrogens is 815 g/mol. The number of hydrogen-bond acceptors (Lipinski definition) is 0. The average Bonchev–Trinajstić information content (AvgIpc) is 3.79. The van der Waals surface area contributed by atoms with E-state index < -0.39 is 0 Å². The van der Waals surface area contributed by atoms with Crippen LogP contribution in [0.5, 0.6) is 0 Å². The van der Waals surface area contributed by atoms with Gasteiger partial charge >= 0.3 is 41.9 Å². The van der Waals surface area contributed by atoms with Gasteiger partial charge in [-0.15, -0.1) is 69.1 Å². The Labute approximate surface area is 367 Å². The molecule has 0 heterocycles. The number of fused-ring (bicyclic) bond motifs is 2. The zero-order chi connectivity index (χ0) is 38.0. The van der Waals surface area contributed by atoms with Gasteiger partial charge < -0.3 is 24.8 Å². The normalized spacial score (nSPS) is 14.8. The maximum absolute atomic E-state index is 2.45. The molecule has 0 unspecified atom stereocenters. The summed E-state index contributed by atoms with van der Waals surface area (Å²) in [5, 5.41) is 5.64. The molecule has 0 aromatic heterocycles. The topological polar surface area (TPSA) is 0 Å². The molecule has 2 aliphatic rings. The molecule has 6 aromatic carbocycles. The van der Waals surface area contributed by atoms with Crippen LogP contribution in [0.25, 0.3) is 43.8 Å². The van der Waals surface area contributed by atoms with Crippen molar-refractivity contribution in [1.29, 1.82) is 0 Å². The first kappa shape index (κ1) is 46.5. The van der Waals surface area contributed by atoms with Crippen LogP contribution in [-0.4, -0.2) is 5.43 Å². The van der Waals surface area contributed by atoms with E-state index in [2.05, 4.69) is 150 Å². The predicted molar refractivity (Wildman–Crippen MR) is 236 cm³/mol. The Morgan fingerprint density at radius 2 is 0.875 bits per heavy atom. The van der Waals surface area contributed by atoms with Crippen LogP contribution in [0.1, 0.15) is 126 Å². The quantitative estimate of drug-likeness (QED) is 0.106. The van der Waals surface area contributed by atoms with Crippen molar-refractivity contribution in [2.24, 2.45) is 11.8 Å². The molecule has 296 valence electrons. The fraction of sp³-hybridized carbons (Fsp3) is 0.423. The zero-order valence-corrected chi connectivity index (χ0v) is 39.9. The summed E-state index contributed by atoms with van der Waals surface area (Å²) in [6.07, 6.45) is 16.8.